The maximum absolute atomic E-state index is 13.3. The lowest BCUT2D eigenvalue weighted by Gasteiger charge is -2.33. The van der Waals surface area contributed by atoms with Crippen molar-refractivity contribution >= 4 is 33.2 Å². The van der Waals surface area contributed by atoms with Crippen LogP contribution in [0.2, 0.25) is 0 Å². The molecule has 4 N–H and O–H groups in total. The van der Waals surface area contributed by atoms with E-state index in [0.717, 1.165) is 6.42 Å². The first-order chi connectivity index (χ1) is 15.7. The average Bonchev–Trinajstić information content (AvgIpc) is 3.31. The SMILES string of the molecule is CC[C@@H](C)NS(=O)(=O)c1cc(NC(=O)CCC2CCCC2)ccc1N1CCC(C(N)=O)CC1. The van der Waals surface area contributed by atoms with Crippen LogP contribution in [0.5, 0.6) is 0 Å². The molecule has 1 saturated heterocycles. The van der Waals surface area contributed by atoms with E-state index in [2.05, 4.69) is 10.0 Å². The summed E-state index contributed by atoms with van der Waals surface area (Å²) in [6, 6.07) is 4.84. The molecular formula is C24H38N4O4S. The molecule has 1 aliphatic heterocycles. The van der Waals surface area contributed by atoms with E-state index in [-0.39, 0.29) is 28.7 Å². The van der Waals surface area contributed by atoms with Gasteiger partial charge < -0.3 is 16.0 Å². The summed E-state index contributed by atoms with van der Waals surface area (Å²) < 4.78 is 29.2. The Morgan fingerprint density at radius 2 is 1.82 bits per heavy atom. The standard InChI is InChI=1S/C24H38N4O4S/c1-3-17(2)27-33(31,32)22-16-20(26-23(29)11-8-18-6-4-5-7-18)9-10-21(22)28-14-12-19(13-15-28)24(25)30/h9-10,16-19,27H,3-8,11-15H2,1-2H3,(H2,25,30)(H,26,29)/t17-/m1/s1. The van der Waals surface area contributed by atoms with Crippen molar-refractivity contribution in [2.75, 3.05) is 23.3 Å². The fourth-order valence-electron chi connectivity index (χ4n) is 4.74. The molecule has 1 heterocycles. The summed E-state index contributed by atoms with van der Waals surface area (Å²) in [6.45, 7) is 4.84. The number of nitrogens with one attached hydrogen (secondary N) is 2. The van der Waals surface area contributed by atoms with Gasteiger partial charge in [-0.05, 0) is 56.7 Å². The number of piperidine rings is 1. The second-order valence-corrected chi connectivity index (χ2v) is 11.2. The van der Waals surface area contributed by atoms with Crippen molar-refractivity contribution in [3.05, 3.63) is 18.2 Å². The van der Waals surface area contributed by atoms with Crippen molar-refractivity contribution in [1.29, 1.82) is 0 Å². The molecule has 8 nitrogen and oxygen atoms in total. The van der Waals surface area contributed by atoms with Crippen LogP contribution in [0.15, 0.2) is 23.1 Å². The lowest BCUT2D eigenvalue weighted by Crippen LogP contribution is -2.40. The first-order valence-corrected chi connectivity index (χ1v) is 13.7. The number of sulfonamides is 1. The zero-order valence-corrected chi connectivity index (χ0v) is 20.6. The van der Waals surface area contributed by atoms with Crippen molar-refractivity contribution in [1.82, 2.24) is 4.72 Å². The number of nitrogens with zero attached hydrogens (tertiary/aromatic N) is 1. The molecule has 2 fully saturated rings. The number of primary amides is 1. The largest absolute Gasteiger partial charge is 0.370 e. The minimum atomic E-state index is -3.80. The molecule has 1 aliphatic carbocycles. The Morgan fingerprint density at radius 3 is 2.42 bits per heavy atom. The van der Waals surface area contributed by atoms with Crippen LogP contribution in [0.3, 0.4) is 0 Å². The number of hydrogen-bond donors (Lipinski definition) is 3. The Labute approximate surface area is 197 Å². The van der Waals surface area contributed by atoms with Crippen LogP contribution in [0.25, 0.3) is 0 Å². The molecule has 33 heavy (non-hydrogen) atoms. The highest BCUT2D eigenvalue weighted by Gasteiger charge is 2.28. The Bertz CT molecular complexity index is 936. The number of carbonyl (C=O) groups excluding carboxylic acids is 2. The van der Waals surface area contributed by atoms with E-state index in [1.807, 2.05) is 18.7 Å². The van der Waals surface area contributed by atoms with E-state index < -0.39 is 10.0 Å². The number of rotatable bonds is 10. The number of benzene rings is 1. The Morgan fingerprint density at radius 1 is 1.15 bits per heavy atom. The van der Waals surface area contributed by atoms with Gasteiger partial charge in [0, 0.05) is 37.2 Å². The van der Waals surface area contributed by atoms with Gasteiger partial charge >= 0.3 is 0 Å². The van der Waals surface area contributed by atoms with E-state index in [0.29, 0.717) is 56.1 Å². The van der Waals surface area contributed by atoms with Gasteiger partial charge in [-0.3, -0.25) is 9.59 Å². The van der Waals surface area contributed by atoms with Gasteiger partial charge in [0.25, 0.3) is 0 Å². The van der Waals surface area contributed by atoms with E-state index in [4.69, 9.17) is 5.73 Å². The number of anilines is 2. The second-order valence-electron chi connectivity index (χ2n) is 9.51. The van der Waals surface area contributed by atoms with Gasteiger partial charge in [-0.2, -0.15) is 0 Å². The highest BCUT2D eigenvalue weighted by molar-refractivity contribution is 7.89. The molecular weight excluding hydrogens is 440 g/mol. The Balaban J connectivity index is 1.79. The van der Waals surface area contributed by atoms with E-state index in [1.54, 1.807) is 18.2 Å². The fraction of sp³-hybridized carbons (Fsp3) is 0.667. The molecule has 0 unspecified atom stereocenters. The van der Waals surface area contributed by atoms with Gasteiger partial charge in [0.05, 0.1) is 5.69 Å². The van der Waals surface area contributed by atoms with E-state index >= 15 is 0 Å². The quantitative estimate of drug-likeness (QED) is 0.476. The van der Waals surface area contributed by atoms with E-state index in [9.17, 15) is 18.0 Å². The third-order valence-corrected chi connectivity index (χ3v) is 8.61. The van der Waals surface area contributed by atoms with Gasteiger partial charge in [0.1, 0.15) is 4.90 Å². The van der Waals surface area contributed by atoms with Crippen LogP contribution < -0.4 is 20.7 Å². The molecule has 0 aromatic heterocycles. The van der Waals surface area contributed by atoms with Gasteiger partial charge in [-0.15, -0.1) is 0 Å². The summed E-state index contributed by atoms with van der Waals surface area (Å²) in [6.07, 6.45) is 8.04. The molecule has 3 rings (SSSR count). The molecule has 184 valence electrons. The lowest BCUT2D eigenvalue weighted by molar-refractivity contribution is -0.122. The number of hydrogen-bond acceptors (Lipinski definition) is 5. The van der Waals surface area contributed by atoms with Crippen LogP contribution in [0, 0.1) is 11.8 Å². The van der Waals surface area contributed by atoms with Crippen LogP contribution in [-0.2, 0) is 19.6 Å². The summed E-state index contributed by atoms with van der Waals surface area (Å²) in [5, 5.41) is 2.89. The van der Waals surface area contributed by atoms with Crippen molar-refractivity contribution in [2.24, 2.45) is 17.6 Å². The Hall–Kier alpha value is -2.13. The highest BCUT2D eigenvalue weighted by Crippen LogP contribution is 2.32. The predicted molar refractivity (Wildman–Crippen MR) is 130 cm³/mol. The molecule has 0 radical (unpaired) electrons. The maximum atomic E-state index is 13.3. The molecule has 2 amide bonds. The minimum absolute atomic E-state index is 0.0878. The first-order valence-electron chi connectivity index (χ1n) is 12.2. The van der Waals surface area contributed by atoms with Gasteiger partial charge in [-0.1, -0.05) is 32.6 Å². The highest BCUT2D eigenvalue weighted by atomic mass is 32.2. The summed E-state index contributed by atoms with van der Waals surface area (Å²) >= 11 is 0. The second kappa shape index (κ2) is 11.3. The van der Waals surface area contributed by atoms with Crippen molar-refractivity contribution in [3.63, 3.8) is 0 Å². The van der Waals surface area contributed by atoms with Crippen LogP contribution in [0.1, 0.15) is 71.6 Å². The van der Waals surface area contributed by atoms with Gasteiger partial charge in [-0.25, -0.2) is 13.1 Å². The molecule has 2 aliphatic rings. The molecule has 1 aromatic carbocycles. The van der Waals surface area contributed by atoms with Crippen LogP contribution in [-0.4, -0.2) is 39.4 Å². The molecule has 0 spiro atoms. The van der Waals surface area contributed by atoms with Crippen molar-refractivity contribution < 1.29 is 18.0 Å². The summed E-state index contributed by atoms with van der Waals surface area (Å²) in [5.41, 5.74) is 6.51. The van der Waals surface area contributed by atoms with E-state index in [1.165, 1.54) is 25.7 Å². The predicted octanol–water partition coefficient (Wildman–Crippen LogP) is 3.37. The van der Waals surface area contributed by atoms with Gasteiger partial charge in [0.2, 0.25) is 21.8 Å². The number of carbonyl (C=O) groups is 2. The van der Waals surface area contributed by atoms with Crippen molar-refractivity contribution in [2.45, 2.75) is 82.6 Å². The summed E-state index contributed by atoms with van der Waals surface area (Å²) in [4.78, 5) is 26.2. The maximum Gasteiger partial charge on any atom is 0.242 e. The third-order valence-electron chi connectivity index (χ3n) is 6.99. The lowest BCUT2D eigenvalue weighted by atomic mass is 9.96. The zero-order chi connectivity index (χ0) is 24.0. The number of nitrogens with two attached hydrogens (primary N) is 1. The normalized spacial score (nSPS) is 18.9. The van der Waals surface area contributed by atoms with Crippen LogP contribution in [0.4, 0.5) is 11.4 Å². The Kier molecular flexibility index (Phi) is 8.75. The third kappa shape index (κ3) is 6.93. The summed E-state index contributed by atoms with van der Waals surface area (Å²) in [7, 11) is -3.80. The molecule has 0 bridgehead atoms. The average molecular weight is 479 g/mol. The first kappa shape index (κ1) is 25.5. The fourth-order valence-corrected chi connectivity index (χ4v) is 6.32. The monoisotopic (exact) mass is 478 g/mol. The molecule has 1 saturated carbocycles. The molecule has 9 heteroatoms. The minimum Gasteiger partial charge on any atom is -0.370 e. The molecule has 1 atom stereocenters. The zero-order valence-electron chi connectivity index (χ0n) is 19.8. The van der Waals surface area contributed by atoms with Gasteiger partial charge in [0.15, 0.2) is 0 Å². The van der Waals surface area contributed by atoms with Crippen LogP contribution >= 0.6 is 0 Å². The number of amides is 2. The summed E-state index contributed by atoms with van der Waals surface area (Å²) in [5.74, 6) is 0.0434. The van der Waals surface area contributed by atoms with Crippen molar-refractivity contribution in [3.8, 4) is 0 Å². The topological polar surface area (TPSA) is 122 Å². The smallest absolute Gasteiger partial charge is 0.242 e. The molecule has 1 aromatic rings.